The van der Waals surface area contributed by atoms with Gasteiger partial charge in [-0.05, 0) is 16.9 Å². The molecular weight excluding hydrogens is 168 g/mol. The molecule has 78 valence electrons. The normalized spacial score (nSPS) is 14.0. The van der Waals surface area contributed by atoms with Crippen molar-refractivity contribution < 1.29 is 0 Å². The number of rotatable bonds is 4. The van der Waals surface area contributed by atoms with E-state index in [9.17, 15) is 0 Å². The van der Waals surface area contributed by atoms with Crippen molar-refractivity contribution in [3.8, 4) is 0 Å². The molecule has 0 aliphatic carbocycles. The van der Waals surface area contributed by atoms with Gasteiger partial charge in [0.15, 0.2) is 0 Å². The summed E-state index contributed by atoms with van der Waals surface area (Å²) in [5.74, 6) is 0.745. The Morgan fingerprint density at radius 3 is 2.21 bits per heavy atom. The first-order valence-corrected chi connectivity index (χ1v) is 5.64. The van der Waals surface area contributed by atoms with Gasteiger partial charge in [-0.3, -0.25) is 0 Å². The average Bonchev–Trinajstić information content (AvgIpc) is 2.19. The molecule has 1 aromatic rings. The highest BCUT2D eigenvalue weighted by molar-refractivity contribution is 5.24. The third-order valence-electron chi connectivity index (χ3n) is 3.47. The highest BCUT2D eigenvalue weighted by atomic mass is 14.3. The minimum atomic E-state index is 0.303. The fourth-order valence-electron chi connectivity index (χ4n) is 1.95. The summed E-state index contributed by atoms with van der Waals surface area (Å²) in [4.78, 5) is 0. The van der Waals surface area contributed by atoms with Gasteiger partial charge in [0.25, 0.3) is 0 Å². The van der Waals surface area contributed by atoms with Gasteiger partial charge in [0.1, 0.15) is 0 Å². The van der Waals surface area contributed by atoms with E-state index in [-0.39, 0.29) is 0 Å². The Morgan fingerprint density at radius 2 is 1.71 bits per heavy atom. The zero-order chi connectivity index (χ0) is 10.6. The number of hydrogen-bond donors (Lipinski definition) is 0. The standard InChI is InChI=1S/C14H22/c1-5-9-12(2)14(3,4)13-10-7-6-8-11-13/h6-8,10-12H,5,9H2,1-4H3. The maximum Gasteiger partial charge on any atom is -0.00779 e. The van der Waals surface area contributed by atoms with Crippen LogP contribution >= 0.6 is 0 Å². The Kier molecular flexibility index (Phi) is 3.74. The van der Waals surface area contributed by atoms with Gasteiger partial charge >= 0.3 is 0 Å². The van der Waals surface area contributed by atoms with E-state index < -0.39 is 0 Å². The summed E-state index contributed by atoms with van der Waals surface area (Å²) in [5, 5.41) is 0. The highest BCUT2D eigenvalue weighted by Gasteiger charge is 2.26. The molecule has 0 heteroatoms. The Balaban J connectivity index is 2.84. The molecule has 1 rings (SSSR count). The summed E-state index contributed by atoms with van der Waals surface area (Å²) in [6.07, 6.45) is 2.58. The van der Waals surface area contributed by atoms with Gasteiger partial charge in [0, 0.05) is 0 Å². The van der Waals surface area contributed by atoms with Crippen LogP contribution in [0.2, 0.25) is 0 Å². The van der Waals surface area contributed by atoms with Crippen LogP contribution in [0.1, 0.15) is 46.1 Å². The van der Waals surface area contributed by atoms with E-state index >= 15 is 0 Å². The maximum absolute atomic E-state index is 2.36. The summed E-state index contributed by atoms with van der Waals surface area (Å²) in [6.45, 7) is 9.32. The van der Waals surface area contributed by atoms with Gasteiger partial charge in [-0.1, -0.05) is 70.9 Å². The molecule has 1 unspecified atom stereocenters. The van der Waals surface area contributed by atoms with Crippen LogP contribution in [-0.4, -0.2) is 0 Å². The first-order chi connectivity index (χ1) is 6.59. The zero-order valence-corrected chi connectivity index (χ0v) is 9.88. The van der Waals surface area contributed by atoms with Gasteiger partial charge in [-0.2, -0.15) is 0 Å². The van der Waals surface area contributed by atoms with Crippen LogP contribution < -0.4 is 0 Å². The van der Waals surface area contributed by atoms with E-state index in [1.54, 1.807) is 0 Å². The predicted molar refractivity (Wildman–Crippen MR) is 63.5 cm³/mol. The van der Waals surface area contributed by atoms with Gasteiger partial charge in [0.05, 0.1) is 0 Å². The quantitative estimate of drug-likeness (QED) is 0.660. The van der Waals surface area contributed by atoms with Gasteiger partial charge < -0.3 is 0 Å². The van der Waals surface area contributed by atoms with Crippen molar-refractivity contribution in [3.63, 3.8) is 0 Å². The van der Waals surface area contributed by atoms with E-state index in [1.807, 2.05) is 0 Å². The lowest BCUT2D eigenvalue weighted by molar-refractivity contribution is 0.322. The molecule has 0 radical (unpaired) electrons. The second-order valence-corrected chi connectivity index (χ2v) is 4.78. The molecule has 1 aromatic carbocycles. The first kappa shape index (κ1) is 11.3. The summed E-state index contributed by atoms with van der Waals surface area (Å²) >= 11 is 0. The van der Waals surface area contributed by atoms with Crippen LogP contribution in [-0.2, 0) is 5.41 Å². The highest BCUT2D eigenvalue weighted by Crippen LogP contribution is 2.33. The van der Waals surface area contributed by atoms with Crippen molar-refractivity contribution in [2.24, 2.45) is 5.92 Å². The molecule has 0 aromatic heterocycles. The molecule has 0 aliphatic heterocycles. The topological polar surface area (TPSA) is 0 Å². The first-order valence-electron chi connectivity index (χ1n) is 5.64. The van der Waals surface area contributed by atoms with Crippen molar-refractivity contribution in [3.05, 3.63) is 35.9 Å². The zero-order valence-electron chi connectivity index (χ0n) is 9.88. The summed E-state index contributed by atoms with van der Waals surface area (Å²) in [6, 6.07) is 10.8. The third-order valence-corrected chi connectivity index (χ3v) is 3.47. The van der Waals surface area contributed by atoms with E-state index in [0.29, 0.717) is 5.41 Å². The van der Waals surface area contributed by atoms with E-state index in [1.165, 1.54) is 18.4 Å². The molecule has 1 atom stereocenters. The smallest absolute Gasteiger partial charge is 0.00779 e. The molecule has 14 heavy (non-hydrogen) atoms. The minimum Gasteiger partial charge on any atom is -0.0654 e. The molecule has 0 saturated heterocycles. The van der Waals surface area contributed by atoms with Crippen LogP contribution in [0.3, 0.4) is 0 Å². The van der Waals surface area contributed by atoms with Crippen LogP contribution in [0, 0.1) is 5.92 Å². The summed E-state index contributed by atoms with van der Waals surface area (Å²) in [7, 11) is 0. The lowest BCUT2D eigenvalue weighted by Gasteiger charge is -2.32. The predicted octanol–water partition coefficient (Wildman–Crippen LogP) is 4.40. The molecule has 0 aliphatic rings. The van der Waals surface area contributed by atoms with Gasteiger partial charge in [-0.15, -0.1) is 0 Å². The average molecular weight is 190 g/mol. The van der Waals surface area contributed by atoms with Crippen LogP contribution in [0.15, 0.2) is 30.3 Å². The largest absolute Gasteiger partial charge is 0.0654 e. The lowest BCUT2D eigenvalue weighted by atomic mass is 9.72. The molecule has 0 fully saturated rings. The molecular formula is C14H22. The van der Waals surface area contributed by atoms with Crippen LogP contribution in [0.5, 0.6) is 0 Å². The van der Waals surface area contributed by atoms with E-state index in [4.69, 9.17) is 0 Å². The van der Waals surface area contributed by atoms with Crippen molar-refractivity contribution in [1.29, 1.82) is 0 Å². The van der Waals surface area contributed by atoms with Gasteiger partial charge in [0.2, 0.25) is 0 Å². The lowest BCUT2D eigenvalue weighted by Crippen LogP contribution is -2.26. The Morgan fingerprint density at radius 1 is 1.14 bits per heavy atom. The van der Waals surface area contributed by atoms with Crippen molar-refractivity contribution in [1.82, 2.24) is 0 Å². The van der Waals surface area contributed by atoms with Crippen molar-refractivity contribution >= 4 is 0 Å². The van der Waals surface area contributed by atoms with E-state index in [2.05, 4.69) is 58.0 Å². The minimum absolute atomic E-state index is 0.303. The van der Waals surface area contributed by atoms with E-state index in [0.717, 1.165) is 5.92 Å². The molecule has 0 N–H and O–H groups in total. The molecule has 0 amide bonds. The SMILES string of the molecule is CCCC(C)C(C)(C)c1ccccc1. The fraction of sp³-hybridized carbons (Fsp3) is 0.571. The number of benzene rings is 1. The summed E-state index contributed by atoms with van der Waals surface area (Å²) in [5.41, 5.74) is 1.76. The van der Waals surface area contributed by atoms with Crippen molar-refractivity contribution in [2.75, 3.05) is 0 Å². The molecule has 0 spiro atoms. The molecule has 0 saturated carbocycles. The second kappa shape index (κ2) is 4.63. The second-order valence-electron chi connectivity index (χ2n) is 4.78. The third kappa shape index (κ3) is 2.37. The molecule has 0 heterocycles. The maximum atomic E-state index is 2.36. The Bertz CT molecular complexity index is 259. The van der Waals surface area contributed by atoms with Crippen LogP contribution in [0.4, 0.5) is 0 Å². The van der Waals surface area contributed by atoms with Crippen LogP contribution in [0.25, 0.3) is 0 Å². The van der Waals surface area contributed by atoms with Crippen molar-refractivity contribution in [2.45, 2.75) is 46.0 Å². The number of hydrogen-bond acceptors (Lipinski definition) is 0. The van der Waals surface area contributed by atoms with Gasteiger partial charge in [-0.25, -0.2) is 0 Å². The Labute approximate surface area is 88.4 Å². The summed E-state index contributed by atoms with van der Waals surface area (Å²) < 4.78 is 0. The monoisotopic (exact) mass is 190 g/mol. The molecule has 0 bridgehead atoms. The molecule has 0 nitrogen and oxygen atoms in total. The fourth-order valence-corrected chi connectivity index (χ4v) is 1.95. The Hall–Kier alpha value is -0.780.